The van der Waals surface area contributed by atoms with E-state index in [9.17, 15) is 18.4 Å². The van der Waals surface area contributed by atoms with Crippen LogP contribution in [0, 0.1) is 5.92 Å². The molecule has 1 aliphatic carbocycles. The van der Waals surface area contributed by atoms with Crippen LogP contribution in [0.4, 0.5) is 13.6 Å². The van der Waals surface area contributed by atoms with E-state index < -0.39 is 12.0 Å². The molecule has 0 aromatic rings. The molecule has 6 heteroatoms. The second-order valence-corrected chi connectivity index (χ2v) is 4.15. The summed E-state index contributed by atoms with van der Waals surface area (Å²) in [6.45, 7) is -0.0214. The number of nitrogens with zero attached hydrogens (tertiary/aromatic N) is 1. The van der Waals surface area contributed by atoms with Crippen molar-refractivity contribution >= 4 is 12.4 Å². The number of carbonyl (C=O) groups is 2. The Morgan fingerprint density at radius 1 is 1.44 bits per heavy atom. The van der Waals surface area contributed by atoms with Crippen molar-refractivity contribution in [2.24, 2.45) is 5.92 Å². The Bertz CT molecular complexity index is 261. The van der Waals surface area contributed by atoms with Gasteiger partial charge in [0.25, 0.3) is 0 Å². The lowest BCUT2D eigenvalue weighted by Gasteiger charge is -2.30. The van der Waals surface area contributed by atoms with E-state index in [2.05, 4.69) is 0 Å². The molecule has 1 amide bonds. The van der Waals surface area contributed by atoms with Crippen LogP contribution in [0.25, 0.3) is 0 Å². The van der Waals surface area contributed by atoms with Crippen molar-refractivity contribution in [3.05, 3.63) is 0 Å². The van der Waals surface area contributed by atoms with Crippen molar-refractivity contribution in [3.63, 3.8) is 0 Å². The van der Waals surface area contributed by atoms with Crippen molar-refractivity contribution in [2.45, 2.75) is 31.6 Å². The first-order valence-corrected chi connectivity index (χ1v) is 5.24. The van der Waals surface area contributed by atoms with Gasteiger partial charge in [-0.1, -0.05) is 0 Å². The number of rotatable bonds is 4. The van der Waals surface area contributed by atoms with Crippen LogP contribution in [-0.4, -0.2) is 41.4 Å². The lowest BCUT2D eigenvalue weighted by molar-refractivity contribution is -0.108. The summed E-state index contributed by atoms with van der Waals surface area (Å²) in [5.41, 5.74) is 0. The highest BCUT2D eigenvalue weighted by molar-refractivity contribution is 5.69. The summed E-state index contributed by atoms with van der Waals surface area (Å²) in [5.74, 6) is -2.66. The molecule has 1 fully saturated rings. The van der Waals surface area contributed by atoms with Gasteiger partial charge in [-0.25, -0.2) is 13.6 Å². The van der Waals surface area contributed by atoms with Gasteiger partial charge in [-0.15, -0.1) is 0 Å². The van der Waals surface area contributed by atoms with Crippen molar-refractivity contribution < 1.29 is 23.5 Å². The largest absolute Gasteiger partial charge is 0.465 e. The number of hydrogen-bond donors (Lipinski definition) is 1. The molecule has 0 unspecified atom stereocenters. The summed E-state index contributed by atoms with van der Waals surface area (Å²) >= 11 is 0. The van der Waals surface area contributed by atoms with Crippen LogP contribution in [0.5, 0.6) is 0 Å². The summed E-state index contributed by atoms with van der Waals surface area (Å²) in [4.78, 5) is 21.9. The first kappa shape index (κ1) is 12.9. The molecule has 0 aromatic carbocycles. The molecule has 0 aromatic heterocycles. The first-order chi connectivity index (χ1) is 7.44. The Morgan fingerprint density at radius 3 is 2.44 bits per heavy atom. The molecule has 0 heterocycles. The second-order valence-electron chi connectivity index (χ2n) is 4.15. The van der Waals surface area contributed by atoms with E-state index in [4.69, 9.17) is 5.11 Å². The molecule has 92 valence electrons. The van der Waals surface area contributed by atoms with Crippen LogP contribution in [0.3, 0.4) is 0 Å². The lowest BCUT2D eigenvalue weighted by Crippen LogP contribution is -2.38. The standard InChI is InChI=1S/C10H15F2NO3/c11-10(12)3-1-8(2-4-10)7-13(5-6-14)9(15)16/h6,8H,1-5,7H2,(H,15,16). The SMILES string of the molecule is O=CCN(CC1CCC(F)(F)CC1)C(=O)O. The average Bonchev–Trinajstić information content (AvgIpc) is 2.20. The average molecular weight is 235 g/mol. The zero-order chi connectivity index (χ0) is 12.2. The van der Waals surface area contributed by atoms with E-state index in [-0.39, 0.29) is 31.8 Å². The lowest BCUT2D eigenvalue weighted by atomic mass is 9.86. The second kappa shape index (κ2) is 5.23. The maximum Gasteiger partial charge on any atom is 0.407 e. The summed E-state index contributed by atoms with van der Waals surface area (Å²) in [6, 6.07) is 0. The fourth-order valence-electron chi connectivity index (χ4n) is 1.91. The van der Waals surface area contributed by atoms with Gasteiger partial charge in [0, 0.05) is 19.4 Å². The van der Waals surface area contributed by atoms with E-state index >= 15 is 0 Å². The van der Waals surface area contributed by atoms with Gasteiger partial charge >= 0.3 is 6.09 Å². The predicted octanol–water partition coefficient (Wildman–Crippen LogP) is 1.99. The van der Waals surface area contributed by atoms with E-state index in [1.165, 1.54) is 0 Å². The Hall–Kier alpha value is -1.20. The van der Waals surface area contributed by atoms with E-state index in [0.29, 0.717) is 19.1 Å². The molecule has 1 saturated carbocycles. The summed E-state index contributed by atoms with van der Waals surface area (Å²) < 4.78 is 25.7. The highest BCUT2D eigenvalue weighted by atomic mass is 19.3. The third-order valence-corrected chi connectivity index (χ3v) is 2.88. The highest BCUT2D eigenvalue weighted by Gasteiger charge is 2.35. The molecule has 0 atom stereocenters. The topological polar surface area (TPSA) is 57.6 Å². The molecule has 1 aliphatic rings. The van der Waals surface area contributed by atoms with Crippen molar-refractivity contribution in [2.75, 3.05) is 13.1 Å². The van der Waals surface area contributed by atoms with Gasteiger partial charge in [-0.05, 0) is 18.8 Å². The summed E-state index contributed by atoms with van der Waals surface area (Å²) in [6.07, 6.45) is -0.417. The summed E-state index contributed by atoms with van der Waals surface area (Å²) in [5, 5.41) is 8.76. The Kier molecular flexibility index (Phi) is 4.20. The number of alkyl halides is 2. The number of carbonyl (C=O) groups excluding carboxylic acids is 1. The fraction of sp³-hybridized carbons (Fsp3) is 0.800. The van der Waals surface area contributed by atoms with Crippen LogP contribution in [-0.2, 0) is 4.79 Å². The van der Waals surface area contributed by atoms with Crippen molar-refractivity contribution in [3.8, 4) is 0 Å². The molecular formula is C10H15F2NO3. The predicted molar refractivity (Wildman–Crippen MR) is 52.6 cm³/mol. The van der Waals surface area contributed by atoms with Crippen LogP contribution >= 0.6 is 0 Å². The van der Waals surface area contributed by atoms with Gasteiger partial charge in [0.05, 0.1) is 6.54 Å². The van der Waals surface area contributed by atoms with Gasteiger partial charge in [0.1, 0.15) is 6.29 Å². The van der Waals surface area contributed by atoms with Crippen molar-refractivity contribution in [1.82, 2.24) is 4.90 Å². The van der Waals surface area contributed by atoms with E-state index in [0.717, 1.165) is 4.90 Å². The van der Waals surface area contributed by atoms with Gasteiger partial charge in [-0.3, -0.25) is 0 Å². The molecule has 0 radical (unpaired) electrons. The minimum absolute atomic E-state index is 0.0596. The zero-order valence-corrected chi connectivity index (χ0v) is 8.86. The Morgan fingerprint density at radius 2 is 2.00 bits per heavy atom. The van der Waals surface area contributed by atoms with E-state index in [1.54, 1.807) is 0 Å². The molecule has 0 bridgehead atoms. The van der Waals surface area contributed by atoms with E-state index in [1.807, 2.05) is 0 Å². The third kappa shape index (κ3) is 3.75. The van der Waals surface area contributed by atoms with Gasteiger partial charge in [0.2, 0.25) is 5.92 Å². The number of aldehydes is 1. The first-order valence-electron chi connectivity index (χ1n) is 5.24. The molecular weight excluding hydrogens is 220 g/mol. The van der Waals surface area contributed by atoms with Crippen LogP contribution in [0.15, 0.2) is 0 Å². The number of halogens is 2. The maximum atomic E-state index is 12.8. The summed E-state index contributed by atoms with van der Waals surface area (Å²) in [7, 11) is 0. The minimum Gasteiger partial charge on any atom is -0.465 e. The quantitative estimate of drug-likeness (QED) is 0.758. The third-order valence-electron chi connectivity index (χ3n) is 2.88. The minimum atomic E-state index is -2.60. The van der Waals surface area contributed by atoms with Gasteiger partial charge in [0.15, 0.2) is 0 Å². The van der Waals surface area contributed by atoms with Gasteiger partial charge in [-0.2, -0.15) is 0 Å². The number of carboxylic acid groups (broad SMARTS) is 1. The highest BCUT2D eigenvalue weighted by Crippen LogP contribution is 2.36. The Balaban J connectivity index is 2.42. The number of hydrogen-bond acceptors (Lipinski definition) is 2. The van der Waals surface area contributed by atoms with Crippen LogP contribution < -0.4 is 0 Å². The molecule has 0 aliphatic heterocycles. The fourth-order valence-corrected chi connectivity index (χ4v) is 1.91. The molecule has 4 nitrogen and oxygen atoms in total. The molecule has 1 N–H and O–H groups in total. The maximum absolute atomic E-state index is 12.8. The van der Waals surface area contributed by atoms with Crippen molar-refractivity contribution in [1.29, 1.82) is 0 Å². The molecule has 1 rings (SSSR count). The molecule has 16 heavy (non-hydrogen) atoms. The van der Waals surface area contributed by atoms with Crippen LogP contribution in [0.1, 0.15) is 25.7 Å². The monoisotopic (exact) mass is 235 g/mol. The molecule has 0 spiro atoms. The zero-order valence-electron chi connectivity index (χ0n) is 8.86. The smallest absolute Gasteiger partial charge is 0.407 e. The van der Waals surface area contributed by atoms with Crippen LogP contribution in [0.2, 0.25) is 0 Å². The normalized spacial score (nSPS) is 20.4. The Labute approximate surface area is 92.2 Å². The number of amides is 1. The van der Waals surface area contributed by atoms with Gasteiger partial charge < -0.3 is 14.8 Å². The molecule has 0 saturated heterocycles.